The van der Waals surface area contributed by atoms with Crippen LogP contribution in [0.1, 0.15) is 31.2 Å². The fraction of sp³-hybridized carbons (Fsp3) is 0.500. The monoisotopic (exact) mass is 238 g/mol. The summed E-state index contributed by atoms with van der Waals surface area (Å²) in [5.74, 6) is 0.928. The number of aryl methyl sites for hydroxylation is 1. The van der Waals surface area contributed by atoms with Crippen LogP contribution >= 0.6 is 11.8 Å². The molecule has 0 spiro atoms. The van der Waals surface area contributed by atoms with Gasteiger partial charge in [-0.15, -0.1) is 5.10 Å². The molecule has 1 heterocycles. The second-order valence-electron chi connectivity index (χ2n) is 3.47. The molecule has 0 atom stereocenters. The zero-order valence-electron chi connectivity index (χ0n) is 9.10. The summed E-state index contributed by atoms with van der Waals surface area (Å²) in [6, 6.07) is 0. The van der Waals surface area contributed by atoms with Crippen LogP contribution in [0.5, 0.6) is 0 Å². The maximum Gasteiger partial charge on any atom is 0.209 e. The fourth-order valence-corrected chi connectivity index (χ4v) is 2.24. The van der Waals surface area contributed by atoms with Crippen molar-refractivity contribution < 1.29 is 5.21 Å². The summed E-state index contributed by atoms with van der Waals surface area (Å²) in [5.41, 5.74) is 4.87. The van der Waals surface area contributed by atoms with Gasteiger partial charge in [-0.3, -0.25) is 10.7 Å². The molecule has 0 aromatic carbocycles. The van der Waals surface area contributed by atoms with Crippen molar-refractivity contribution >= 4 is 17.3 Å². The summed E-state index contributed by atoms with van der Waals surface area (Å²) >= 11 is 1.57. The van der Waals surface area contributed by atoms with Crippen molar-refractivity contribution in [2.75, 3.05) is 5.75 Å². The molecule has 0 saturated carbocycles. The predicted molar refractivity (Wildman–Crippen MR) is 62.1 cm³/mol. The average Bonchev–Trinajstić information content (AvgIpc) is 2.31. The normalized spacial score (nSPS) is 17.2. The van der Waals surface area contributed by atoms with E-state index in [-0.39, 0.29) is 0 Å². The number of hydrogen-bond donors (Lipinski definition) is 2. The Morgan fingerprint density at radius 1 is 1.44 bits per heavy atom. The van der Waals surface area contributed by atoms with Gasteiger partial charge < -0.3 is 0 Å². The van der Waals surface area contributed by atoms with E-state index >= 15 is 0 Å². The van der Waals surface area contributed by atoms with E-state index in [1.165, 1.54) is 0 Å². The van der Waals surface area contributed by atoms with Gasteiger partial charge in [0, 0.05) is 6.20 Å². The van der Waals surface area contributed by atoms with E-state index in [0.29, 0.717) is 5.16 Å². The van der Waals surface area contributed by atoms with E-state index in [1.807, 2.05) is 0 Å². The Hall–Kier alpha value is -1.14. The van der Waals surface area contributed by atoms with Crippen molar-refractivity contribution in [2.45, 2.75) is 31.3 Å². The van der Waals surface area contributed by atoms with Gasteiger partial charge >= 0.3 is 0 Å². The van der Waals surface area contributed by atoms with Gasteiger partial charge in [0.1, 0.15) is 0 Å². The van der Waals surface area contributed by atoms with Crippen LogP contribution in [0, 0.1) is 0 Å². The Balaban J connectivity index is 2.36. The molecule has 2 rings (SSSR count). The molecule has 1 aromatic rings. The first-order chi connectivity index (χ1) is 7.85. The molecule has 6 heteroatoms. The number of fused-ring (bicyclic) bond motifs is 1. The van der Waals surface area contributed by atoms with Gasteiger partial charge in [-0.2, -0.15) is 5.10 Å². The number of hydroxylamine groups is 1. The number of nitrogens with zero attached hydrogens (tertiary/aromatic N) is 3. The quantitative estimate of drug-likeness (QED) is 0.616. The highest BCUT2D eigenvalue weighted by Crippen LogP contribution is 2.28. The minimum atomic E-state index is 0.701. The summed E-state index contributed by atoms with van der Waals surface area (Å²) in [5, 5.41) is 17.7. The predicted octanol–water partition coefficient (Wildman–Crippen LogP) is 1.64. The smallest absolute Gasteiger partial charge is 0.209 e. The van der Waals surface area contributed by atoms with Gasteiger partial charge in [0.2, 0.25) is 5.16 Å². The molecule has 86 valence electrons. The van der Waals surface area contributed by atoms with Crippen LogP contribution in [0.2, 0.25) is 0 Å². The zero-order chi connectivity index (χ0) is 11.4. The third kappa shape index (κ3) is 2.33. The van der Waals surface area contributed by atoms with Crippen LogP contribution in [0.25, 0.3) is 5.57 Å². The highest BCUT2D eigenvalue weighted by atomic mass is 32.2. The Morgan fingerprint density at radius 3 is 3.06 bits per heavy atom. The van der Waals surface area contributed by atoms with Crippen LogP contribution in [0.4, 0.5) is 0 Å². The number of allylic oxidation sites excluding steroid dienone is 1. The van der Waals surface area contributed by atoms with Gasteiger partial charge in [0.15, 0.2) is 0 Å². The molecule has 0 radical (unpaired) electrons. The molecule has 0 fully saturated rings. The first-order valence-electron chi connectivity index (χ1n) is 5.30. The molecule has 5 nitrogen and oxygen atoms in total. The third-order valence-corrected chi connectivity index (χ3v) is 3.13. The highest BCUT2D eigenvalue weighted by Gasteiger charge is 2.18. The second kappa shape index (κ2) is 5.27. The number of rotatable bonds is 3. The van der Waals surface area contributed by atoms with Gasteiger partial charge in [-0.05, 0) is 30.6 Å². The second-order valence-corrected chi connectivity index (χ2v) is 4.71. The Labute approximate surface area is 98.3 Å². The summed E-state index contributed by atoms with van der Waals surface area (Å²) in [6.07, 6.45) is 4.43. The minimum Gasteiger partial charge on any atom is -0.292 e. The Kier molecular flexibility index (Phi) is 3.74. The topological polar surface area (TPSA) is 70.9 Å². The lowest BCUT2D eigenvalue weighted by atomic mass is 9.96. The maximum atomic E-state index is 8.72. The molecular weight excluding hydrogens is 224 g/mol. The number of thioether (sulfide) groups is 1. The van der Waals surface area contributed by atoms with Gasteiger partial charge in [0.05, 0.1) is 11.4 Å². The Morgan fingerprint density at radius 2 is 2.31 bits per heavy atom. The van der Waals surface area contributed by atoms with Gasteiger partial charge in [-0.1, -0.05) is 18.7 Å². The summed E-state index contributed by atoms with van der Waals surface area (Å²) in [6.45, 7) is 2.06. The lowest BCUT2D eigenvalue weighted by molar-refractivity contribution is 0.214. The molecular formula is C10H14N4OS. The first kappa shape index (κ1) is 11.3. The van der Waals surface area contributed by atoms with E-state index in [2.05, 4.69) is 27.6 Å². The van der Waals surface area contributed by atoms with Crippen molar-refractivity contribution in [1.82, 2.24) is 20.7 Å². The van der Waals surface area contributed by atoms with Crippen LogP contribution in [-0.2, 0) is 6.42 Å². The van der Waals surface area contributed by atoms with Crippen molar-refractivity contribution in [1.29, 1.82) is 0 Å². The van der Waals surface area contributed by atoms with Crippen LogP contribution in [0.3, 0.4) is 0 Å². The largest absolute Gasteiger partial charge is 0.292 e. The number of aromatic nitrogens is 3. The lowest BCUT2D eigenvalue weighted by Crippen LogP contribution is -2.11. The van der Waals surface area contributed by atoms with E-state index in [0.717, 1.165) is 42.0 Å². The third-order valence-electron chi connectivity index (χ3n) is 2.41. The first-order valence-corrected chi connectivity index (χ1v) is 6.29. The highest BCUT2D eigenvalue weighted by molar-refractivity contribution is 7.99. The maximum absolute atomic E-state index is 8.72. The molecule has 1 aliphatic carbocycles. The Bertz CT molecular complexity index is 408. The van der Waals surface area contributed by atoms with Crippen molar-refractivity contribution in [3.63, 3.8) is 0 Å². The van der Waals surface area contributed by atoms with E-state index in [1.54, 1.807) is 18.0 Å². The van der Waals surface area contributed by atoms with E-state index < -0.39 is 0 Å². The molecule has 0 bridgehead atoms. The zero-order valence-corrected chi connectivity index (χ0v) is 9.92. The molecule has 2 N–H and O–H groups in total. The summed E-state index contributed by atoms with van der Waals surface area (Å²) < 4.78 is 0. The summed E-state index contributed by atoms with van der Waals surface area (Å²) in [4.78, 5) is 4.47. The van der Waals surface area contributed by atoms with Crippen LogP contribution in [-0.4, -0.2) is 26.1 Å². The SMILES string of the molecule is CCSc1nnc2c(n1)/C(=C\NO)CCC2. The van der Waals surface area contributed by atoms with E-state index in [9.17, 15) is 0 Å². The fourth-order valence-electron chi connectivity index (χ4n) is 1.73. The van der Waals surface area contributed by atoms with Crippen molar-refractivity contribution in [2.24, 2.45) is 0 Å². The van der Waals surface area contributed by atoms with E-state index in [4.69, 9.17) is 5.21 Å². The molecule has 0 unspecified atom stereocenters. The number of hydrogen-bond acceptors (Lipinski definition) is 6. The molecule has 1 aromatic heterocycles. The average molecular weight is 238 g/mol. The van der Waals surface area contributed by atoms with Gasteiger partial charge in [0.25, 0.3) is 0 Å². The molecule has 0 aliphatic heterocycles. The van der Waals surface area contributed by atoms with Crippen molar-refractivity contribution in [3.05, 3.63) is 17.6 Å². The number of nitrogens with one attached hydrogen (secondary N) is 1. The summed E-state index contributed by atoms with van der Waals surface area (Å²) in [7, 11) is 0. The minimum absolute atomic E-state index is 0.701. The van der Waals surface area contributed by atoms with Gasteiger partial charge in [-0.25, -0.2) is 4.98 Å². The van der Waals surface area contributed by atoms with Crippen LogP contribution in [0.15, 0.2) is 11.4 Å². The van der Waals surface area contributed by atoms with Crippen molar-refractivity contribution in [3.8, 4) is 0 Å². The lowest BCUT2D eigenvalue weighted by Gasteiger charge is -2.16. The molecule has 0 amide bonds. The molecule has 1 aliphatic rings. The van der Waals surface area contributed by atoms with Crippen LogP contribution < -0.4 is 5.48 Å². The molecule has 16 heavy (non-hydrogen) atoms. The standard InChI is InChI=1S/C10H14N4OS/c1-2-16-10-12-9-7(6-11-15)4-3-5-8(9)13-14-10/h6,11,15H,2-5H2,1H3/b7-6-. The molecule has 0 saturated heterocycles.